The highest BCUT2D eigenvalue weighted by Gasteiger charge is 2.34. The molecule has 1 atom stereocenters. The van der Waals surface area contributed by atoms with Crippen molar-refractivity contribution >= 4 is 192 Å². The van der Waals surface area contributed by atoms with E-state index in [0.29, 0.717) is 236 Å². The summed E-state index contributed by atoms with van der Waals surface area (Å²) in [7, 11) is 3.18. The fourth-order valence-corrected chi connectivity index (χ4v) is 18.9. The lowest BCUT2D eigenvalue weighted by Crippen LogP contribution is -2.35. The summed E-state index contributed by atoms with van der Waals surface area (Å²) in [6.45, 7) is 44.1. The lowest BCUT2D eigenvalue weighted by molar-refractivity contribution is 0.0925. The minimum atomic E-state index is -0.675. The molecule has 0 unspecified atom stereocenters. The fourth-order valence-electron chi connectivity index (χ4n) is 12.5. The van der Waals surface area contributed by atoms with Crippen LogP contribution >= 0.6 is 115 Å². The Hall–Kier alpha value is -9.22. The number of aliphatic hydroxyl groups excluding tert-OH is 1. The average Bonchev–Trinajstić information content (AvgIpc) is 1.63. The number of nitrogens with one attached hydrogen (secondary N) is 4. The Morgan fingerprint density at radius 2 is 0.877 bits per heavy atom. The molecule has 10 aromatic rings. The summed E-state index contributed by atoms with van der Waals surface area (Å²) in [4.78, 5) is 85.4. The normalized spacial score (nSPS) is 14.2. The largest absolute Gasteiger partial charge is 0.392 e. The molecule has 34 heteroatoms. The lowest BCUT2D eigenvalue weighted by Gasteiger charge is -2.28. The number of carbonyl (C=O) groups excluding carboxylic acids is 4. The predicted molar refractivity (Wildman–Crippen MR) is 459 cm³/mol. The molecule has 4 aromatic carbocycles. The molecular formula is C80H74Cl6N14O10S4. The summed E-state index contributed by atoms with van der Waals surface area (Å²) in [5, 5.41) is 27.4. The smallest absolute Gasteiger partial charge is 0.260 e. The van der Waals surface area contributed by atoms with Crippen LogP contribution in [0.25, 0.3) is 74.8 Å². The van der Waals surface area contributed by atoms with Crippen LogP contribution < -0.4 is 40.9 Å². The van der Waals surface area contributed by atoms with Gasteiger partial charge in [0.1, 0.15) is 0 Å². The van der Waals surface area contributed by atoms with E-state index in [1.165, 1.54) is 45.3 Å². The number of hydrogen-bond donors (Lipinski definition) is 5. The zero-order chi connectivity index (χ0) is 81.0. The molecule has 14 rings (SSSR count). The van der Waals surface area contributed by atoms with E-state index in [1.807, 2.05) is 42.5 Å². The van der Waals surface area contributed by atoms with Gasteiger partial charge in [-0.25, -0.2) is 19.4 Å². The Balaban J connectivity index is 0.000000150. The van der Waals surface area contributed by atoms with Crippen LogP contribution in [0.1, 0.15) is 51.2 Å². The van der Waals surface area contributed by atoms with E-state index in [4.69, 9.17) is 120 Å². The molecule has 0 radical (unpaired) electrons. The van der Waals surface area contributed by atoms with Gasteiger partial charge in [-0.15, -0.1) is 45.3 Å². The number of halogens is 6. The summed E-state index contributed by atoms with van der Waals surface area (Å²) in [5.74, 6) is -1.05. The number of amides is 4. The van der Waals surface area contributed by atoms with Crippen molar-refractivity contribution in [2.45, 2.75) is 19.6 Å². The Kier molecular flexibility index (Phi) is 31.1. The predicted octanol–water partition coefficient (Wildman–Crippen LogP) is 17.8. The molecule has 590 valence electrons. The Morgan fingerprint density at radius 1 is 0.509 bits per heavy atom. The number of ether oxygens (including phenoxy) is 5. The van der Waals surface area contributed by atoms with Crippen LogP contribution in [0.15, 0.2) is 116 Å². The van der Waals surface area contributed by atoms with E-state index >= 15 is 0 Å². The molecule has 4 aliphatic rings. The molecule has 0 saturated carbocycles. The molecular weight excluding hydrogens is 1660 g/mol. The van der Waals surface area contributed by atoms with Gasteiger partial charge in [0, 0.05) is 163 Å². The second-order valence-electron chi connectivity index (χ2n) is 25.4. The first-order valence-electron chi connectivity index (χ1n) is 35.6. The SMILES string of the molecule is [C-]#[N+]c1c(N2CCOCC2)sc(C(=O)NC)c1-c1cnc2ccccc2c1.[C-]#[N+]c1c(N2CCOCC2)sc(C(=O)NCCOC)c1-c1ccc(Cl)cc1Cl.[C-]#[N+]c1c(N2CCOCC2)sc(C(=O)NC[C@@H](C)O)c1-c1ccc(Cl)cc1Cl.[C-]#[N+]c1c(N2CCOCC2)sc(C(=O)NCc2ccncc2)c1-c1ccc(Cl)cc1Cl. The molecule has 4 saturated heterocycles. The van der Waals surface area contributed by atoms with Gasteiger partial charge < -0.3 is 69.7 Å². The third-order valence-electron chi connectivity index (χ3n) is 18.0. The second-order valence-corrected chi connectivity index (χ2v) is 31.9. The monoisotopic (exact) mass is 1730 g/mol. The van der Waals surface area contributed by atoms with E-state index < -0.39 is 6.10 Å². The highest BCUT2D eigenvalue weighted by molar-refractivity contribution is 7.20. The van der Waals surface area contributed by atoms with Crippen molar-refractivity contribution in [1.82, 2.24) is 31.2 Å². The summed E-state index contributed by atoms with van der Waals surface area (Å²) in [6, 6.07) is 28.6. The Labute approximate surface area is 705 Å². The maximum Gasteiger partial charge on any atom is 0.260 e. The molecule has 114 heavy (non-hydrogen) atoms. The molecule has 0 aliphatic carbocycles. The number of methoxy groups -OCH3 is 1. The van der Waals surface area contributed by atoms with Gasteiger partial charge in [0.2, 0.25) is 22.7 Å². The number of aliphatic hydroxyl groups is 1. The molecule has 4 aliphatic heterocycles. The van der Waals surface area contributed by atoms with Gasteiger partial charge in [-0.05, 0) is 95.4 Å². The third kappa shape index (κ3) is 20.7. The summed E-state index contributed by atoms with van der Waals surface area (Å²) in [6.07, 6.45) is 4.43. The minimum absolute atomic E-state index is 0.116. The number of rotatable bonds is 19. The zero-order valence-electron chi connectivity index (χ0n) is 61.7. The molecule has 24 nitrogen and oxygen atoms in total. The van der Waals surface area contributed by atoms with Crippen molar-refractivity contribution < 1.29 is 48.0 Å². The van der Waals surface area contributed by atoms with E-state index in [9.17, 15) is 24.3 Å². The first-order chi connectivity index (χ1) is 55.3. The molecule has 6 aromatic heterocycles. The quantitative estimate of drug-likeness (QED) is 0.0374. The van der Waals surface area contributed by atoms with E-state index in [-0.39, 0.29) is 30.2 Å². The van der Waals surface area contributed by atoms with Gasteiger partial charge in [-0.3, -0.25) is 29.1 Å². The van der Waals surface area contributed by atoms with Crippen molar-refractivity contribution in [1.29, 1.82) is 0 Å². The number of benzene rings is 4. The summed E-state index contributed by atoms with van der Waals surface area (Å²) < 4.78 is 26.7. The van der Waals surface area contributed by atoms with Crippen molar-refractivity contribution in [3.8, 4) is 44.5 Å². The number of morpholine rings is 4. The number of fused-ring (bicyclic) bond motifs is 1. The minimum Gasteiger partial charge on any atom is -0.392 e. The second kappa shape index (κ2) is 41.4. The number of hydrogen-bond acceptors (Lipinski definition) is 20. The molecule has 5 N–H and O–H groups in total. The number of aromatic nitrogens is 2. The maximum atomic E-state index is 13.2. The van der Waals surface area contributed by atoms with Crippen LogP contribution in [0.5, 0.6) is 0 Å². The van der Waals surface area contributed by atoms with Gasteiger partial charge in [0.25, 0.3) is 23.6 Å². The lowest BCUT2D eigenvalue weighted by atomic mass is 10.0. The fraction of sp³-hybridized carbons (Fsp3) is 0.300. The van der Waals surface area contributed by atoms with Crippen molar-refractivity contribution in [3.05, 3.63) is 217 Å². The highest BCUT2D eigenvalue weighted by atomic mass is 35.5. The summed E-state index contributed by atoms with van der Waals surface area (Å²) in [5.41, 5.74) is 8.39. The van der Waals surface area contributed by atoms with Crippen LogP contribution in [0.2, 0.25) is 30.1 Å². The first kappa shape index (κ1) is 85.7. The number of pyridine rings is 2. The van der Waals surface area contributed by atoms with Crippen LogP contribution in [0, 0.1) is 26.3 Å². The maximum absolute atomic E-state index is 13.2. The number of para-hydroxylation sites is 1. The van der Waals surface area contributed by atoms with Gasteiger partial charge in [0.05, 0.1) is 137 Å². The number of carbonyl (C=O) groups is 4. The van der Waals surface area contributed by atoms with Crippen molar-refractivity contribution in [2.75, 3.05) is 159 Å². The van der Waals surface area contributed by atoms with Crippen molar-refractivity contribution in [2.24, 2.45) is 0 Å². The summed E-state index contributed by atoms with van der Waals surface area (Å²) >= 11 is 42.7. The van der Waals surface area contributed by atoms with E-state index in [2.05, 4.69) is 70.2 Å². The highest BCUT2D eigenvalue weighted by Crippen LogP contribution is 2.54. The third-order valence-corrected chi connectivity index (χ3v) is 24.6. The molecule has 4 fully saturated rings. The van der Waals surface area contributed by atoms with Gasteiger partial charge in [0.15, 0.2) is 0 Å². The van der Waals surface area contributed by atoms with Crippen LogP contribution in [0.3, 0.4) is 0 Å². The zero-order valence-corrected chi connectivity index (χ0v) is 69.5. The van der Waals surface area contributed by atoms with Gasteiger partial charge >= 0.3 is 0 Å². The average molecular weight is 1730 g/mol. The number of thiophene rings is 4. The topological polar surface area (TPSA) is 239 Å². The van der Waals surface area contributed by atoms with Gasteiger partial charge in [-0.1, -0.05) is 106 Å². The molecule has 4 amide bonds. The van der Waals surface area contributed by atoms with Crippen LogP contribution in [-0.4, -0.2) is 184 Å². The van der Waals surface area contributed by atoms with Crippen LogP contribution in [0.4, 0.5) is 42.8 Å². The number of anilines is 4. The standard InChI is InChI=1S/C22H18Cl2N4O2S.C20H18N4O2S.2C19H19Cl2N3O3S/c1-25-19-18(16-3-2-15(23)12-17(16)24)20(31-22(19)28-8-10-30-11-9-28)21(29)27-13-14-4-6-26-7-5-14;1-21-17-16(14-11-13-5-3-4-6-15(13)23-12-14)18(19(25)22-2)27-20(17)24-7-9-26-10-8-24;1-22-16-15(13-4-3-12(20)11-14(13)21)17(18(25)23-5-8-26-2)28-19(16)24-6-9-27-10-7-24;1-11(25)10-23-18(26)17-15(13-4-3-12(20)9-14(13)21)16(22-2)19(28-17)24-5-7-27-8-6-24/h2-7,12H,8-11,13H2,(H,27,29);3-6,11-12H,7-10H2,2H3,(H,22,25);3-4,11H,5-10H2,2H3,(H,23,25);3-4,9,11,25H,5-8,10H2,1H3,(H,23,26)/t;;;11-/m...1/s1. The molecule has 0 spiro atoms. The Morgan fingerprint density at radius 3 is 1.25 bits per heavy atom. The van der Waals surface area contributed by atoms with Crippen molar-refractivity contribution in [3.63, 3.8) is 0 Å². The first-order valence-corrected chi connectivity index (χ1v) is 41.1. The van der Waals surface area contributed by atoms with E-state index in [0.717, 1.165) is 42.0 Å². The van der Waals surface area contributed by atoms with E-state index in [1.54, 1.807) is 94.3 Å². The molecule has 0 bridgehead atoms. The number of nitrogens with zero attached hydrogens (tertiary/aromatic N) is 10. The van der Waals surface area contributed by atoms with Gasteiger partial charge in [-0.2, -0.15) is 0 Å². The van der Waals surface area contributed by atoms with Crippen LogP contribution in [-0.2, 0) is 30.2 Å². The molecule has 10 heterocycles. The Bertz CT molecular complexity index is 5300.